The van der Waals surface area contributed by atoms with Gasteiger partial charge in [0.05, 0.1) is 12.1 Å². The molecule has 0 unspecified atom stereocenters. The molecule has 1 amide bonds. The predicted molar refractivity (Wildman–Crippen MR) is 94.8 cm³/mol. The molecule has 0 heterocycles. The van der Waals surface area contributed by atoms with Crippen molar-refractivity contribution in [2.45, 2.75) is 71.9 Å². The molecule has 1 saturated carbocycles. The largest absolute Gasteiger partial charge is 0.444 e. The summed E-state index contributed by atoms with van der Waals surface area (Å²) in [6, 6.07) is 0. The highest BCUT2D eigenvalue weighted by molar-refractivity contribution is 5.79. The molecular weight excluding hydrogens is 292 g/mol. The van der Waals surface area contributed by atoms with Crippen molar-refractivity contribution in [3.63, 3.8) is 0 Å². The zero-order chi connectivity index (χ0) is 17.5. The number of nitrogens with one attached hydrogen (secondary N) is 3. The van der Waals surface area contributed by atoms with Crippen LogP contribution in [0.25, 0.3) is 0 Å². The number of carbonyl (C=O) groups is 1. The van der Waals surface area contributed by atoms with Crippen LogP contribution in [0.2, 0.25) is 0 Å². The molecule has 23 heavy (non-hydrogen) atoms. The second kappa shape index (κ2) is 8.41. The van der Waals surface area contributed by atoms with Crippen LogP contribution in [-0.2, 0) is 4.74 Å². The van der Waals surface area contributed by atoms with Gasteiger partial charge >= 0.3 is 6.09 Å². The SMILES string of the molecule is CCNC(=NCC(C)(C)NC(=O)OC(C)(C)C)NCCC1CC1. The van der Waals surface area contributed by atoms with Gasteiger partial charge in [-0.1, -0.05) is 12.8 Å². The number of alkyl carbamates (subject to hydrolysis) is 1. The molecule has 0 aromatic carbocycles. The quantitative estimate of drug-likeness (QED) is 0.497. The van der Waals surface area contributed by atoms with Crippen LogP contribution in [-0.4, -0.2) is 42.8 Å². The highest BCUT2D eigenvalue weighted by Gasteiger charge is 2.24. The molecule has 0 bridgehead atoms. The molecule has 0 spiro atoms. The second-order valence-corrected chi connectivity index (χ2v) is 7.86. The zero-order valence-electron chi connectivity index (χ0n) is 15.6. The molecular formula is C17H34N4O2. The van der Waals surface area contributed by atoms with Crippen LogP contribution in [0.4, 0.5) is 4.79 Å². The number of hydrogen-bond acceptors (Lipinski definition) is 3. The van der Waals surface area contributed by atoms with Crippen molar-refractivity contribution in [1.29, 1.82) is 0 Å². The molecule has 0 saturated heterocycles. The first kappa shape index (κ1) is 19.6. The van der Waals surface area contributed by atoms with E-state index < -0.39 is 17.2 Å². The first-order chi connectivity index (χ1) is 10.6. The van der Waals surface area contributed by atoms with E-state index in [0.29, 0.717) is 6.54 Å². The van der Waals surface area contributed by atoms with Crippen LogP contribution in [0.3, 0.4) is 0 Å². The minimum absolute atomic E-state index is 0.413. The molecule has 6 nitrogen and oxygen atoms in total. The third kappa shape index (κ3) is 10.0. The van der Waals surface area contributed by atoms with E-state index in [-0.39, 0.29) is 0 Å². The van der Waals surface area contributed by atoms with E-state index >= 15 is 0 Å². The molecule has 1 aliphatic rings. The minimum Gasteiger partial charge on any atom is -0.444 e. The van der Waals surface area contributed by atoms with Gasteiger partial charge in [0.2, 0.25) is 0 Å². The van der Waals surface area contributed by atoms with Crippen LogP contribution in [0, 0.1) is 5.92 Å². The summed E-state index contributed by atoms with van der Waals surface area (Å²) < 4.78 is 5.30. The van der Waals surface area contributed by atoms with Gasteiger partial charge in [0.15, 0.2) is 5.96 Å². The Labute approximate surface area is 140 Å². The Morgan fingerprint density at radius 2 is 1.83 bits per heavy atom. The molecule has 3 N–H and O–H groups in total. The number of guanidine groups is 1. The van der Waals surface area contributed by atoms with E-state index in [1.165, 1.54) is 19.3 Å². The van der Waals surface area contributed by atoms with Crippen LogP contribution in [0.1, 0.15) is 60.8 Å². The molecule has 0 aromatic rings. The Morgan fingerprint density at radius 1 is 1.17 bits per heavy atom. The van der Waals surface area contributed by atoms with E-state index in [1.54, 1.807) is 0 Å². The van der Waals surface area contributed by atoms with Crippen molar-refractivity contribution in [3.8, 4) is 0 Å². The molecule has 1 aliphatic carbocycles. The Morgan fingerprint density at radius 3 is 2.35 bits per heavy atom. The van der Waals surface area contributed by atoms with Gasteiger partial charge in [-0.15, -0.1) is 0 Å². The van der Waals surface area contributed by atoms with Gasteiger partial charge in [0.25, 0.3) is 0 Å². The van der Waals surface area contributed by atoms with Gasteiger partial charge in [-0.05, 0) is 53.9 Å². The summed E-state index contributed by atoms with van der Waals surface area (Å²) in [6.45, 7) is 13.7. The Hall–Kier alpha value is -1.46. The number of hydrogen-bond donors (Lipinski definition) is 3. The summed E-state index contributed by atoms with van der Waals surface area (Å²) in [7, 11) is 0. The van der Waals surface area contributed by atoms with Crippen LogP contribution in [0.5, 0.6) is 0 Å². The third-order valence-electron chi connectivity index (χ3n) is 3.36. The van der Waals surface area contributed by atoms with Gasteiger partial charge in [0.1, 0.15) is 5.60 Å². The lowest BCUT2D eigenvalue weighted by atomic mass is 10.1. The summed E-state index contributed by atoms with van der Waals surface area (Å²) >= 11 is 0. The predicted octanol–water partition coefficient (Wildman–Crippen LogP) is 2.64. The summed E-state index contributed by atoms with van der Waals surface area (Å²) in [5, 5.41) is 9.46. The number of rotatable bonds is 7. The first-order valence-corrected chi connectivity index (χ1v) is 8.64. The van der Waals surface area contributed by atoms with E-state index in [0.717, 1.165) is 25.0 Å². The van der Waals surface area contributed by atoms with Crippen molar-refractivity contribution < 1.29 is 9.53 Å². The maximum Gasteiger partial charge on any atom is 0.408 e. The van der Waals surface area contributed by atoms with Gasteiger partial charge in [-0.2, -0.15) is 0 Å². The lowest BCUT2D eigenvalue weighted by Gasteiger charge is -2.27. The zero-order valence-corrected chi connectivity index (χ0v) is 15.6. The first-order valence-electron chi connectivity index (χ1n) is 8.64. The van der Waals surface area contributed by atoms with E-state index in [1.807, 2.05) is 41.5 Å². The third-order valence-corrected chi connectivity index (χ3v) is 3.36. The molecule has 0 atom stereocenters. The standard InChI is InChI=1S/C17H34N4O2/c1-7-18-14(19-11-10-13-8-9-13)20-12-17(5,6)21-15(22)23-16(2,3)4/h13H,7-12H2,1-6H3,(H,21,22)(H2,18,19,20). The van der Waals surface area contributed by atoms with Crippen LogP contribution < -0.4 is 16.0 Å². The van der Waals surface area contributed by atoms with Crippen molar-refractivity contribution in [2.75, 3.05) is 19.6 Å². The number of ether oxygens (including phenoxy) is 1. The minimum atomic E-state index is -0.497. The summed E-state index contributed by atoms with van der Waals surface area (Å²) in [6.07, 6.45) is 3.51. The Kier molecular flexibility index (Phi) is 7.16. The van der Waals surface area contributed by atoms with Crippen LogP contribution >= 0.6 is 0 Å². The highest BCUT2D eigenvalue weighted by atomic mass is 16.6. The normalized spacial score (nSPS) is 16.0. The fourth-order valence-corrected chi connectivity index (χ4v) is 2.04. The number of carbonyl (C=O) groups excluding carboxylic acids is 1. The van der Waals surface area contributed by atoms with Crippen molar-refractivity contribution in [2.24, 2.45) is 10.9 Å². The number of amides is 1. The van der Waals surface area contributed by atoms with Gasteiger partial charge < -0.3 is 20.7 Å². The summed E-state index contributed by atoms with van der Waals surface area (Å²) in [5.74, 6) is 1.70. The topological polar surface area (TPSA) is 74.8 Å². The fraction of sp³-hybridized carbons (Fsp3) is 0.882. The number of aliphatic imine (C=N–C) groups is 1. The average molecular weight is 326 g/mol. The Bertz CT molecular complexity index is 409. The second-order valence-electron chi connectivity index (χ2n) is 7.86. The smallest absolute Gasteiger partial charge is 0.408 e. The van der Waals surface area contributed by atoms with E-state index in [2.05, 4.69) is 20.9 Å². The maximum absolute atomic E-state index is 11.9. The molecule has 6 heteroatoms. The Balaban J connectivity index is 2.44. The lowest BCUT2D eigenvalue weighted by molar-refractivity contribution is 0.0476. The molecule has 0 aromatic heterocycles. The lowest BCUT2D eigenvalue weighted by Crippen LogP contribution is -2.49. The van der Waals surface area contributed by atoms with E-state index in [4.69, 9.17) is 4.74 Å². The maximum atomic E-state index is 11.9. The van der Waals surface area contributed by atoms with Crippen molar-refractivity contribution in [3.05, 3.63) is 0 Å². The fourth-order valence-electron chi connectivity index (χ4n) is 2.04. The van der Waals surface area contributed by atoms with Gasteiger partial charge in [0, 0.05) is 13.1 Å². The molecule has 1 fully saturated rings. The van der Waals surface area contributed by atoms with Crippen molar-refractivity contribution in [1.82, 2.24) is 16.0 Å². The van der Waals surface area contributed by atoms with Gasteiger partial charge in [-0.3, -0.25) is 4.99 Å². The van der Waals surface area contributed by atoms with Gasteiger partial charge in [-0.25, -0.2) is 4.79 Å². The summed E-state index contributed by atoms with van der Waals surface area (Å²) in [5.41, 5.74) is -0.968. The molecule has 1 rings (SSSR count). The van der Waals surface area contributed by atoms with E-state index in [9.17, 15) is 4.79 Å². The average Bonchev–Trinajstić information content (AvgIpc) is 3.17. The molecule has 0 radical (unpaired) electrons. The monoisotopic (exact) mass is 326 g/mol. The summed E-state index contributed by atoms with van der Waals surface area (Å²) in [4.78, 5) is 16.5. The van der Waals surface area contributed by atoms with Crippen LogP contribution in [0.15, 0.2) is 4.99 Å². The van der Waals surface area contributed by atoms with Crippen molar-refractivity contribution >= 4 is 12.1 Å². The number of nitrogens with zero attached hydrogens (tertiary/aromatic N) is 1. The highest BCUT2D eigenvalue weighted by Crippen LogP contribution is 2.31. The molecule has 134 valence electrons. The molecule has 0 aliphatic heterocycles.